The number of hydrogen-bond donors (Lipinski definition) is 2. The van der Waals surface area contributed by atoms with Crippen LogP contribution in [0.2, 0.25) is 0 Å². The number of allylic oxidation sites excluding steroid dienone is 3. The Balaban J connectivity index is 1.60. The van der Waals surface area contributed by atoms with E-state index >= 15 is 0 Å². The maximum Gasteiger partial charge on any atom is 0.330 e. The van der Waals surface area contributed by atoms with Crippen LogP contribution in [0.1, 0.15) is 107 Å². The molecule has 3 fully saturated rings. The Hall–Kier alpha value is -1.62. The summed E-state index contributed by atoms with van der Waals surface area (Å²) in [5.74, 6) is 1.10. The van der Waals surface area contributed by atoms with Crippen LogP contribution in [0.15, 0.2) is 23.3 Å². The fourth-order valence-electron chi connectivity index (χ4n) is 9.91. The lowest BCUT2D eigenvalue weighted by atomic mass is 9.42. The third-order valence-electron chi connectivity index (χ3n) is 11.8. The number of esters is 1. The first-order valence-corrected chi connectivity index (χ1v) is 14.6. The van der Waals surface area contributed by atoms with E-state index < -0.39 is 11.6 Å². The van der Waals surface area contributed by atoms with Gasteiger partial charge in [-0.25, -0.2) is 4.79 Å². The predicted molar refractivity (Wildman–Crippen MR) is 146 cm³/mol. The minimum atomic E-state index is -0.888. The molecule has 0 spiro atoms. The monoisotopic (exact) mass is 514 g/mol. The maximum atomic E-state index is 11.8. The van der Waals surface area contributed by atoms with Gasteiger partial charge < -0.3 is 14.9 Å². The Morgan fingerprint density at radius 3 is 2.46 bits per heavy atom. The van der Waals surface area contributed by atoms with Gasteiger partial charge in [-0.2, -0.15) is 0 Å². The van der Waals surface area contributed by atoms with Crippen LogP contribution in [0, 0.1) is 45.8 Å². The second-order valence-corrected chi connectivity index (χ2v) is 14.4. The van der Waals surface area contributed by atoms with Gasteiger partial charge in [-0.15, -0.1) is 0 Å². The fraction of sp³-hybridized carbons (Fsp3) is 0.812. The number of carbonyl (C=O) groups is 2. The summed E-state index contributed by atoms with van der Waals surface area (Å²) in [7, 11) is 0. The topological polar surface area (TPSA) is 83.8 Å². The lowest BCUT2D eigenvalue weighted by molar-refractivity contribution is -0.175. The van der Waals surface area contributed by atoms with Gasteiger partial charge in [0.2, 0.25) is 0 Å². The molecular weight excluding hydrogens is 464 g/mol. The highest BCUT2D eigenvalue weighted by Crippen LogP contribution is 2.70. The number of fused-ring (bicyclic) bond motifs is 5. The highest BCUT2D eigenvalue weighted by atomic mass is 16.5. The molecule has 0 heterocycles. The van der Waals surface area contributed by atoms with Crippen molar-refractivity contribution < 1.29 is 24.5 Å². The number of carbonyl (C=O) groups excluding carboxylic acids is 1. The summed E-state index contributed by atoms with van der Waals surface area (Å²) < 4.78 is 5.83. The van der Waals surface area contributed by atoms with Crippen LogP contribution in [0.3, 0.4) is 0 Å². The normalized spacial score (nSPS) is 42.5. The number of carboxylic acid groups (broad SMARTS) is 1. The Bertz CT molecular complexity index is 989. The molecule has 9 atom stereocenters. The number of ether oxygens (including phenoxy) is 1. The van der Waals surface area contributed by atoms with Gasteiger partial charge in [-0.05, 0) is 106 Å². The van der Waals surface area contributed by atoms with Crippen LogP contribution in [0.5, 0.6) is 0 Å². The van der Waals surface area contributed by atoms with E-state index in [1.54, 1.807) is 18.6 Å². The first-order chi connectivity index (χ1) is 17.1. The largest absolute Gasteiger partial charge is 0.478 e. The molecule has 0 saturated heterocycles. The van der Waals surface area contributed by atoms with E-state index in [-0.39, 0.29) is 34.2 Å². The average molecular weight is 515 g/mol. The summed E-state index contributed by atoms with van der Waals surface area (Å²) in [6.07, 6.45) is 11.8. The molecule has 208 valence electrons. The molecule has 0 amide bonds. The molecule has 0 aromatic rings. The molecular formula is C32H50O5. The van der Waals surface area contributed by atoms with Crippen molar-refractivity contribution in [3.05, 3.63) is 23.3 Å². The van der Waals surface area contributed by atoms with E-state index in [2.05, 4.69) is 40.7 Å². The number of hydrogen-bond acceptors (Lipinski definition) is 4. The number of aliphatic carboxylic acids is 1. The summed E-state index contributed by atoms with van der Waals surface area (Å²) in [4.78, 5) is 23.0. The molecule has 0 bridgehead atoms. The van der Waals surface area contributed by atoms with E-state index in [0.29, 0.717) is 42.1 Å². The van der Waals surface area contributed by atoms with Gasteiger partial charge in [-0.3, -0.25) is 4.79 Å². The van der Waals surface area contributed by atoms with Crippen LogP contribution in [-0.2, 0) is 14.3 Å². The van der Waals surface area contributed by atoms with Gasteiger partial charge in [0.05, 0.1) is 5.60 Å². The molecule has 4 rings (SSSR count). The summed E-state index contributed by atoms with van der Waals surface area (Å²) in [6, 6.07) is 0. The van der Waals surface area contributed by atoms with Crippen LogP contribution in [-0.4, -0.2) is 33.9 Å². The zero-order valence-electron chi connectivity index (χ0n) is 24.4. The van der Waals surface area contributed by atoms with Gasteiger partial charge >= 0.3 is 11.9 Å². The van der Waals surface area contributed by atoms with Crippen molar-refractivity contribution in [1.82, 2.24) is 0 Å². The number of rotatable bonds is 6. The van der Waals surface area contributed by atoms with E-state index in [1.807, 2.05) is 6.92 Å². The SMILES string of the molecule is CC(=O)O[C@@H]1CC[C@]2(C)[C@@H]3C[C@@H](C)[C@H]4[C@@H]([C@@](C)(O)CC/C=C(/C)C(=O)O)CC[C@@]4(C)C3=CC[C@H]2C1(C)C. The quantitative estimate of drug-likeness (QED) is 0.228. The second kappa shape index (κ2) is 9.54. The Labute approximate surface area is 224 Å². The second-order valence-electron chi connectivity index (χ2n) is 14.4. The van der Waals surface area contributed by atoms with Crippen molar-refractivity contribution in [3.63, 3.8) is 0 Å². The minimum Gasteiger partial charge on any atom is -0.478 e. The lowest BCUT2D eigenvalue weighted by Crippen LogP contribution is -2.58. The maximum absolute atomic E-state index is 11.8. The first kappa shape index (κ1) is 28.4. The van der Waals surface area contributed by atoms with Crippen molar-refractivity contribution in [2.45, 2.75) is 118 Å². The number of aliphatic hydroxyl groups is 1. The van der Waals surface area contributed by atoms with Crippen LogP contribution in [0.25, 0.3) is 0 Å². The molecule has 0 aliphatic heterocycles. The first-order valence-electron chi connectivity index (χ1n) is 14.6. The average Bonchev–Trinajstić information content (AvgIpc) is 3.16. The van der Waals surface area contributed by atoms with Crippen molar-refractivity contribution in [2.24, 2.45) is 45.8 Å². The molecule has 4 aliphatic rings. The number of carboxylic acids is 1. The van der Waals surface area contributed by atoms with Gasteiger partial charge in [0.15, 0.2) is 0 Å². The fourth-order valence-corrected chi connectivity index (χ4v) is 9.91. The van der Waals surface area contributed by atoms with E-state index in [0.717, 1.165) is 38.5 Å². The lowest BCUT2D eigenvalue weighted by Gasteiger charge is -2.63. The molecule has 0 aromatic heterocycles. The standard InChI is InChI=1S/C32H50O5/c1-19(28(34)35)10-9-15-32(8,36)23-13-16-31(7)22-11-12-25-29(4,5)26(37-21(3)33)14-17-30(25,6)24(22)18-20(2)27(23)31/h10-11,20,23-27,36H,9,12-18H2,1-8H3,(H,34,35)/b19-10-/t20-,23+,24-,25+,26-,27+,30-,31+,32+/m1/s1. The summed E-state index contributed by atoms with van der Waals surface area (Å²) in [5, 5.41) is 20.9. The van der Waals surface area contributed by atoms with Gasteiger partial charge in [0.25, 0.3) is 0 Å². The Morgan fingerprint density at radius 2 is 1.84 bits per heavy atom. The highest BCUT2D eigenvalue weighted by Gasteiger charge is 2.64. The molecule has 5 nitrogen and oxygen atoms in total. The van der Waals surface area contributed by atoms with Crippen molar-refractivity contribution >= 4 is 11.9 Å². The summed E-state index contributed by atoms with van der Waals surface area (Å²) in [6.45, 7) is 17.1. The van der Waals surface area contributed by atoms with Crippen molar-refractivity contribution in [2.75, 3.05) is 0 Å². The Kier molecular flexibility index (Phi) is 7.32. The van der Waals surface area contributed by atoms with Crippen molar-refractivity contribution in [3.8, 4) is 0 Å². The molecule has 0 unspecified atom stereocenters. The van der Waals surface area contributed by atoms with Crippen molar-refractivity contribution in [1.29, 1.82) is 0 Å². The van der Waals surface area contributed by atoms with Gasteiger partial charge in [-0.1, -0.05) is 52.3 Å². The zero-order valence-corrected chi connectivity index (χ0v) is 24.4. The predicted octanol–water partition coefficient (Wildman–Crippen LogP) is 6.94. The van der Waals surface area contributed by atoms with Crippen LogP contribution in [0.4, 0.5) is 0 Å². The van der Waals surface area contributed by atoms with Crippen LogP contribution >= 0.6 is 0 Å². The molecule has 0 aromatic carbocycles. The molecule has 2 N–H and O–H groups in total. The zero-order chi connectivity index (χ0) is 27.6. The smallest absolute Gasteiger partial charge is 0.330 e. The summed E-state index contributed by atoms with van der Waals surface area (Å²) >= 11 is 0. The van der Waals surface area contributed by atoms with Crippen LogP contribution < -0.4 is 0 Å². The molecule has 37 heavy (non-hydrogen) atoms. The third kappa shape index (κ3) is 4.61. The van der Waals surface area contributed by atoms with E-state index in [9.17, 15) is 19.8 Å². The highest BCUT2D eigenvalue weighted by molar-refractivity contribution is 5.85. The Morgan fingerprint density at radius 1 is 1.16 bits per heavy atom. The van der Waals surface area contributed by atoms with E-state index in [4.69, 9.17) is 4.74 Å². The molecule has 5 heteroatoms. The molecule has 0 radical (unpaired) electrons. The minimum absolute atomic E-state index is 0.0212. The molecule has 3 saturated carbocycles. The molecule has 4 aliphatic carbocycles. The van der Waals surface area contributed by atoms with Gasteiger partial charge in [0, 0.05) is 17.9 Å². The van der Waals surface area contributed by atoms with E-state index in [1.165, 1.54) is 6.92 Å². The third-order valence-corrected chi connectivity index (χ3v) is 11.8. The van der Waals surface area contributed by atoms with Gasteiger partial charge in [0.1, 0.15) is 6.10 Å². The summed E-state index contributed by atoms with van der Waals surface area (Å²) in [5.41, 5.74) is 1.38.